The summed E-state index contributed by atoms with van der Waals surface area (Å²) in [5, 5.41) is 2.77. The van der Waals surface area contributed by atoms with Gasteiger partial charge in [-0.1, -0.05) is 19.4 Å². The van der Waals surface area contributed by atoms with E-state index in [0.717, 1.165) is 12.8 Å². The monoisotopic (exact) mass is 474 g/mol. The Hall–Kier alpha value is -2.91. The van der Waals surface area contributed by atoms with Crippen LogP contribution < -0.4 is 10.1 Å². The van der Waals surface area contributed by atoms with Crippen molar-refractivity contribution in [1.29, 1.82) is 0 Å². The lowest BCUT2D eigenvalue weighted by molar-refractivity contribution is -0.119. The van der Waals surface area contributed by atoms with Gasteiger partial charge in [-0.15, -0.1) is 0 Å². The molecule has 0 aliphatic carbocycles. The SMILES string of the molecule is CCCCOC(=O)c1ccc(NC(=O)C2CCCN2S(=O)(=O)c2cc(OC)ccc2C)cc1. The lowest BCUT2D eigenvalue weighted by atomic mass is 10.2. The predicted molar refractivity (Wildman–Crippen MR) is 125 cm³/mol. The second-order valence-electron chi connectivity index (χ2n) is 7.96. The number of amides is 1. The zero-order valence-corrected chi connectivity index (χ0v) is 20.0. The van der Waals surface area contributed by atoms with Gasteiger partial charge >= 0.3 is 5.97 Å². The summed E-state index contributed by atoms with van der Waals surface area (Å²) in [4.78, 5) is 25.1. The average molecular weight is 475 g/mol. The topological polar surface area (TPSA) is 102 Å². The molecule has 1 atom stereocenters. The first-order valence-electron chi connectivity index (χ1n) is 11.0. The average Bonchev–Trinajstić information content (AvgIpc) is 3.31. The van der Waals surface area contributed by atoms with Gasteiger partial charge in [-0.2, -0.15) is 4.31 Å². The van der Waals surface area contributed by atoms with Crippen LogP contribution in [0.2, 0.25) is 0 Å². The summed E-state index contributed by atoms with van der Waals surface area (Å²) in [6.45, 7) is 4.36. The van der Waals surface area contributed by atoms with Crippen molar-refractivity contribution < 1.29 is 27.5 Å². The molecule has 1 fully saturated rings. The molecular formula is C24H30N2O6S. The molecule has 0 aromatic heterocycles. The molecule has 1 amide bonds. The van der Waals surface area contributed by atoms with Gasteiger partial charge in [-0.3, -0.25) is 4.79 Å². The highest BCUT2D eigenvalue weighted by molar-refractivity contribution is 7.89. The van der Waals surface area contributed by atoms with Gasteiger partial charge in [-0.25, -0.2) is 13.2 Å². The molecule has 1 unspecified atom stereocenters. The number of hydrogen-bond donors (Lipinski definition) is 1. The molecule has 2 aromatic carbocycles. The second-order valence-corrected chi connectivity index (χ2v) is 9.82. The number of carbonyl (C=O) groups excluding carboxylic acids is 2. The van der Waals surface area contributed by atoms with E-state index in [2.05, 4.69) is 5.32 Å². The Labute approximate surface area is 194 Å². The Morgan fingerprint density at radius 1 is 1.15 bits per heavy atom. The molecule has 9 heteroatoms. The van der Waals surface area contributed by atoms with Crippen molar-refractivity contribution in [2.45, 2.75) is 50.5 Å². The molecule has 33 heavy (non-hydrogen) atoms. The fraction of sp³-hybridized carbons (Fsp3) is 0.417. The smallest absolute Gasteiger partial charge is 0.338 e. The third kappa shape index (κ3) is 5.72. The number of benzene rings is 2. The number of unbranched alkanes of at least 4 members (excludes halogenated alkanes) is 1. The number of esters is 1. The number of nitrogens with zero attached hydrogens (tertiary/aromatic N) is 1. The Morgan fingerprint density at radius 2 is 1.88 bits per heavy atom. The van der Waals surface area contributed by atoms with Crippen LogP contribution >= 0.6 is 0 Å². The minimum absolute atomic E-state index is 0.132. The number of aryl methyl sites for hydroxylation is 1. The third-order valence-corrected chi connectivity index (χ3v) is 7.66. The van der Waals surface area contributed by atoms with Crippen LogP contribution in [0.25, 0.3) is 0 Å². The van der Waals surface area contributed by atoms with Gasteiger partial charge in [0, 0.05) is 18.3 Å². The zero-order valence-electron chi connectivity index (χ0n) is 19.2. The van der Waals surface area contributed by atoms with Crippen molar-refractivity contribution in [1.82, 2.24) is 4.31 Å². The summed E-state index contributed by atoms with van der Waals surface area (Å²) < 4.78 is 38.3. The molecule has 1 aliphatic heterocycles. The van der Waals surface area contributed by atoms with E-state index >= 15 is 0 Å². The Kier molecular flexibility index (Phi) is 8.10. The number of methoxy groups -OCH3 is 1. The molecule has 0 bridgehead atoms. The van der Waals surface area contributed by atoms with Crippen LogP contribution in [0.5, 0.6) is 5.75 Å². The maximum Gasteiger partial charge on any atom is 0.338 e. The summed E-state index contributed by atoms with van der Waals surface area (Å²) in [5.41, 5.74) is 1.46. The van der Waals surface area contributed by atoms with Gasteiger partial charge in [-0.05, 0) is 62.1 Å². The van der Waals surface area contributed by atoms with Crippen molar-refractivity contribution in [2.24, 2.45) is 0 Å². The van der Waals surface area contributed by atoms with E-state index in [1.165, 1.54) is 17.5 Å². The zero-order chi connectivity index (χ0) is 24.0. The fourth-order valence-electron chi connectivity index (χ4n) is 3.71. The Morgan fingerprint density at radius 3 is 2.55 bits per heavy atom. The number of carbonyl (C=O) groups is 2. The highest BCUT2D eigenvalue weighted by Crippen LogP contribution is 2.30. The summed E-state index contributed by atoms with van der Waals surface area (Å²) in [6, 6.07) is 10.4. The van der Waals surface area contributed by atoms with E-state index in [4.69, 9.17) is 9.47 Å². The highest BCUT2D eigenvalue weighted by atomic mass is 32.2. The summed E-state index contributed by atoms with van der Waals surface area (Å²) in [7, 11) is -2.41. The minimum Gasteiger partial charge on any atom is -0.497 e. The van der Waals surface area contributed by atoms with Crippen molar-refractivity contribution in [3.05, 3.63) is 53.6 Å². The van der Waals surface area contributed by atoms with E-state index in [1.807, 2.05) is 6.92 Å². The van der Waals surface area contributed by atoms with Crippen LogP contribution in [0.4, 0.5) is 5.69 Å². The van der Waals surface area contributed by atoms with Gasteiger partial charge in [0.2, 0.25) is 15.9 Å². The largest absolute Gasteiger partial charge is 0.497 e. The quantitative estimate of drug-likeness (QED) is 0.439. The molecule has 0 saturated carbocycles. The predicted octanol–water partition coefficient (Wildman–Crippen LogP) is 3.75. The maximum atomic E-state index is 13.4. The van der Waals surface area contributed by atoms with Crippen LogP contribution in [0.1, 0.15) is 48.5 Å². The fourth-order valence-corrected chi connectivity index (χ4v) is 5.61. The van der Waals surface area contributed by atoms with Crippen LogP contribution in [0, 0.1) is 6.92 Å². The summed E-state index contributed by atoms with van der Waals surface area (Å²) in [6.07, 6.45) is 2.75. The minimum atomic E-state index is -3.89. The number of rotatable bonds is 9. The molecule has 0 spiro atoms. The lowest BCUT2D eigenvalue weighted by Crippen LogP contribution is -2.43. The van der Waals surface area contributed by atoms with Crippen molar-refractivity contribution in [3.63, 3.8) is 0 Å². The van der Waals surface area contributed by atoms with Crippen LogP contribution in [0.3, 0.4) is 0 Å². The van der Waals surface area contributed by atoms with E-state index in [0.29, 0.717) is 42.0 Å². The van der Waals surface area contributed by atoms with Gasteiger partial charge in [0.15, 0.2) is 0 Å². The van der Waals surface area contributed by atoms with Crippen molar-refractivity contribution >= 4 is 27.6 Å². The first-order valence-corrected chi connectivity index (χ1v) is 12.5. The van der Waals surface area contributed by atoms with Gasteiger partial charge in [0.1, 0.15) is 11.8 Å². The molecule has 1 aliphatic rings. The van der Waals surface area contributed by atoms with Crippen LogP contribution in [0.15, 0.2) is 47.4 Å². The maximum absolute atomic E-state index is 13.4. The van der Waals surface area contributed by atoms with Gasteiger partial charge in [0.05, 0.1) is 24.2 Å². The molecule has 1 heterocycles. The van der Waals surface area contributed by atoms with Gasteiger partial charge in [0.25, 0.3) is 0 Å². The first-order chi connectivity index (χ1) is 15.8. The van der Waals surface area contributed by atoms with Crippen molar-refractivity contribution in [3.8, 4) is 5.75 Å². The van der Waals surface area contributed by atoms with Crippen LogP contribution in [-0.4, -0.2) is 50.9 Å². The second kappa shape index (κ2) is 10.8. The van der Waals surface area contributed by atoms with Crippen LogP contribution in [-0.2, 0) is 19.6 Å². The number of hydrogen-bond acceptors (Lipinski definition) is 6. The van der Waals surface area contributed by atoms with E-state index in [-0.39, 0.29) is 11.4 Å². The van der Waals surface area contributed by atoms with Crippen molar-refractivity contribution in [2.75, 3.05) is 25.6 Å². The number of ether oxygens (including phenoxy) is 2. The summed E-state index contributed by atoms with van der Waals surface area (Å²) >= 11 is 0. The van der Waals surface area contributed by atoms with E-state index in [1.54, 1.807) is 43.3 Å². The van der Waals surface area contributed by atoms with Gasteiger partial charge < -0.3 is 14.8 Å². The molecule has 178 valence electrons. The number of anilines is 1. The Bertz CT molecular complexity index is 1100. The highest BCUT2D eigenvalue weighted by Gasteiger charge is 2.40. The molecule has 3 rings (SSSR count). The van der Waals surface area contributed by atoms with E-state index in [9.17, 15) is 18.0 Å². The molecule has 2 aromatic rings. The molecule has 1 saturated heterocycles. The standard InChI is InChI=1S/C24H30N2O6S/c1-4-5-15-32-24(28)18-9-11-19(12-10-18)25-23(27)21-7-6-14-26(21)33(29,30)22-16-20(31-3)13-8-17(22)2/h8-13,16,21H,4-7,14-15H2,1-3H3,(H,25,27). The Balaban J connectivity index is 1.72. The first kappa shape index (κ1) is 24.7. The normalized spacial score (nSPS) is 16.4. The lowest BCUT2D eigenvalue weighted by Gasteiger charge is -2.24. The van der Waals surface area contributed by atoms with E-state index < -0.39 is 27.9 Å². The number of sulfonamides is 1. The third-order valence-electron chi connectivity index (χ3n) is 5.61. The molecule has 1 N–H and O–H groups in total. The molecule has 8 nitrogen and oxygen atoms in total. The summed E-state index contributed by atoms with van der Waals surface area (Å²) in [5.74, 6) is -0.384. The number of nitrogens with one attached hydrogen (secondary N) is 1. The molecular weight excluding hydrogens is 444 g/mol. The molecule has 0 radical (unpaired) electrons.